The summed E-state index contributed by atoms with van der Waals surface area (Å²) < 4.78 is 0. The van der Waals surface area contributed by atoms with E-state index in [4.69, 9.17) is 0 Å². The highest BCUT2D eigenvalue weighted by Gasteiger charge is 2.16. The molecule has 15 heavy (non-hydrogen) atoms. The molecule has 0 aromatic heterocycles. The number of aliphatic hydroxyl groups is 1. The summed E-state index contributed by atoms with van der Waals surface area (Å²) in [7, 11) is 0. The summed E-state index contributed by atoms with van der Waals surface area (Å²) in [5.74, 6) is -0.0274. The van der Waals surface area contributed by atoms with Gasteiger partial charge in [-0.05, 0) is 18.8 Å². The molecule has 0 aliphatic carbocycles. The lowest BCUT2D eigenvalue weighted by Crippen LogP contribution is -2.38. The average molecular weight is 216 g/mol. The van der Waals surface area contributed by atoms with Crippen molar-refractivity contribution in [3.63, 3.8) is 0 Å². The lowest BCUT2D eigenvalue weighted by atomic mass is 9.89. The number of aliphatic hydroxyl groups excluding tert-OH is 1. The molecule has 0 fully saturated rings. The largest absolute Gasteiger partial charge is 0.392 e. The Labute approximate surface area is 92.4 Å². The molecule has 4 nitrogen and oxygen atoms in total. The van der Waals surface area contributed by atoms with Gasteiger partial charge in [-0.25, -0.2) is 0 Å². The molecule has 1 amide bonds. The van der Waals surface area contributed by atoms with Crippen molar-refractivity contribution in [3.8, 4) is 0 Å². The Kier molecular flexibility index (Phi) is 6.52. The molecule has 0 radical (unpaired) electrons. The first-order valence-corrected chi connectivity index (χ1v) is 5.50. The number of nitrogens with one attached hydrogen (secondary N) is 2. The molecule has 1 unspecified atom stereocenters. The lowest BCUT2D eigenvalue weighted by molar-refractivity contribution is -0.120. The van der Waals surface area contributed by atoms with E-state index in [2.05, 4.69) is 31.4 Å². The number of carbonyl (C=O) groups is 1. The van der Waals surface area contributed by atoms with Crippen molar-refractivity contribution in [2.75, 3.05) is 19.6 Å². The predicted molar refractivity (Wildman–Crippen MR) is 61.6 cm³/mol. The Bertz CT molecular complexity index is 188. The lowest BCUT2D eigenvalue weighted by Gasteiger charge is -2.22. The molecular weight excluding hydrogens is 192 g/mol. The van der Waals surface area contributed by atoms with Crippen LogP contribution in [0.5, 0.6) is 0 Å². The van der Waals surface area contributed by atoms with E-state index < -0.39 is 0 Å². The van der Waals surface area contributed by atoms with Crippen molar-refractivity contribution < 1.29 is 9.90 Å². The van der Waals surface area contributed by atoms with Crippen LogP contribution in [0.15, 0.2) is 0 Å². The molecule has 0 saturated heterocycles. The quantitative estimate of drug-likeness (QED) is 0.606. The second kappa shape index (κ2) is 6.80. The van der Waals surface area contributed by atoms with Gasteiger partial charge < -0.3 is 15.7 Å². The Morgan fingerprint density at radius 1 is 1.40 bits per heavy atom. The highest BCUT2D eigenvalue weighted by Crippen LogP contribution is 2.20. The smallest absolute Gasteiger partial charge is 0.233 e. The molecule has 4 heteroatoms. The Morgan fingerprint density at radius 2 is 2.00 bits per heavy atom. The zero-order valence-electron chi connectivity index (χ0n) is 10.3. The number of carbonyl (C=O) groups excluding carboxylic acids is 1. The summed E-state index contributed by atoms with van der Waals surface area (Å²) in [4.78, 5) is 11.1. The van der Waals surface area contributed by atoms with Gasteiger partial charge in [0.15, 0.2) is 0 Å². The van der Waals surface area contributed by atoms with E-state index in [1.807, 2.05) is 6.92 Å². The van der Waals surface area contributed by atoms with Gasteiger partial charge in [0.05, 0.1) is 12.6 Å². The van der Waals surface area contributed by atoms with Crippen LogP contribution in [0, 0.1) is 5.41 Å². The van der Waals surface area contributed by atoms with Gasteiger partial charge in [0.25, 0.3) is 0 Å². The average Bonchev–Trinajstić information content (AvgIpc) is 2.00. The minimum Gasteiger partial charge on any atom is -0.392 e. The molecule has 0 bridgehead atoms. The highest BCUT2D eigenvalue weighted by atomic mass is 16.3. The van der Waals surface area contributed by atoms with Crippen LogP contribution in [-0.4, -0.2) is 36.8 Å². The molecule has 0 aliphatic heterocycles. The van der Waals surface area contributed by atoms with Gasteiger partial charge in [0.2, 0.25) is 5.91 Å². The van der Waals surface area contributed by atoms with E-state index in [1.54, 1.807) is 0 Å². The summed E-state index contributed by atoms with van der Waals surface area (Å²) in [6, 6.07) is 0. The van der Waals surface area contributed by atoms with Crippen molar-refractivity contribution in [1.82, 2.24) is 10.6 Å². The summed E-state index contributed by atoms with van der Waals surface area (Å²) in [5.41, 5.74) is 0.118. The van der Waals surface area contributed by atoms with E-state index in [0.717, 1.165) is 6.42 Å². The molecule has 0 saturated carbocycles. The SMILES string of the molecule is CCNC(=O)CNCC(O)CC(C)(C)C. The zero-order chi connectivity index (χ0) is 11.9. The number of amides is 1. The second-order valence-corrected chi connectivity index (χ2v) is 5.00. The van der Waals surface area contributed by atoms with Gasteiger partial charge in [-0.15, -0.1) is 0 Å². The van der Waals surface area contributed by atoms with Crippen LogP contribution in [0.3, 0.4) is 0 Å². The van der Waals surface area contributed by atoms with Gasteiger partial charge in [-0.1, -0.05) is 20.8 Å². The van der Waals surface area contributed by atoms with Crippen LogP contribution in [0.2, 0.25) is 0 Å². The van der Waals surface area contributed by atoms with Crippen molar-refractivity contribution in [1.29, 1.82) is 0 Å². The first-order valence-electron chi connectivity index (χ1n) is 5.50. The Hall–Kier alpha value is -0.610. The van der Waals surface area contributed by atoms with Crippen molar-refractivity contribution in [2.24, 2.45) is 5.41 Å². The highest BCUT2D eigenvalue weighted by molar-refractivity contribution is 5.77. The van der Waals surface area contributed by atoms with Gasteiger partial charge in [-0.3, -0.25) is 4.79 Å². The molecule has 0 aromatic carbocycles. The van der Waals surface area contributed by atoms with Gasteiger partial charge in [0.1, 0.15) is 0 Å². The summed E-state index contributed by atoms with van der Waals surface area (Å²) in [6.07, 6.45) is 0.342. The summed E-state index contributed by atoms with van der Waals surface area (Å²) in [5, 5.41) is 15.2. The number of likely N-dealkylation sites (N-methyl/N-ethyl adjacent to an activating group) is 1. The molecule has 90 valence electrons. The second-order valence-electron chi connectivity index (χ2n) is 5.00. The fourth-order valence-electron chi connectivity index (χ4n) is 1.39. The minimum absolute atomic E-state index is 0.0274. The van der Waals surface area contributed by atoms with Crippen LogP contribution in [0.25, 0.3) is 0 Å². The van der Waals surface area contributed by atoms with Crippen LogP contribution >= 0.6 is 0 Å². The molecule has 1 atom stereocenters. The van der Waals surface area contributed by atoms with E-state index in [9.17, 15) is 9.90 Å². The maximum atomic E-state index is 11.1. The standard InChI is InChI=1S/C11H24N2O2/c1-5-13-10(15)8-12-7-9(14)6-11(2,3)4/h9,12,14H,5-8H2,1-4H3,(H,13,15). The maximum Gasteiger partial charge on any atom is 0.233 e. The Morgan fingerprint density at radius 3 is 2.47 bits per heavy atom. The van der Waals surface area contributed by atoms with Crippen LogP contribution in [0.4, 0.5) is 0 Å². The molecule has 0 rings (SSSR count). The van der Waals surface area contributed by atoms with E-state index in [1.165, 1.54) is 0 Å². The fraction of sp³-hybridized carbons (Fsp3) is 0.909. The van der Waals surface area contributed by atoms with Crippen LogP contribution < -0.4 is 10.6 Å². The van der Waals surface area contributed by atoms with Crippen LogP contribution in [0.1, 0.15) is 34.1 Å². The van der Waals surface area contributed by atoms with Crippen LogP contribution in [-0.2, 0) is 4.79 Å². The number of hydrogen-bond donors (Lipinski definition) is 3. The maximum absolute atomic E-state index is 11.1. The molecule has 3 N–H and O–H groups in total. The third-order valence-corrected chi connectivity index (χ3v) is 1.89. The fourth-order valence-corrected chi connectivity index (χ4v) is 1.39. The third kappa shape index (κ3) is 9.69. The minimum atomic E-state index is -0.389. The van der Waals surface area contributed by atoms with Gasteiger partial charge in [0, 0.05) is 13.1 Å². The zero-order valence-corrected chi connectivity index (χ0v) is 10.3. The van der Waals surface area contributed by atoms with Gasteiger partial charge >= 0.3 is 0 Å². The van der Waals surface area contributed by atoms with Crippen molar-refractivity contribution in [2.45, 2.75) is 40.2 Å². The summed E-state index contributed by atoms with van der Waals surface area (Å²) >= 11 is 0. The molecule has 0 aromatic rings. The monoisotopic (exact) mass is 216 g/mol. The first-order chi connectivity index (χ1) is 6.85. The molecule has 0 heterocycles. The van der Waals surface area contributed by atoms with E-state index >= 15 is 0 Å². The molecule has 0 aliphatic rings. The topological polar surface area (TPSA) is 61.4 Å². The summed E-state index contributed by atoms with van der Waals surface area (Å²) in [6.45, 7) is 9.51. The van der Waals surface area contributed by atoms with Crippen molar-refractivity contribution >= 4 is 5.91 Å². The van der Waals surface area contributed by atoms with Gasteiger partial charge in [-0.2, -0.15) is 0 Å². The number of hydrogen-bond acceptors (Lipinski definition) is 3. The normalized spacial score (nSPS) is 13.7. The number of rotatable bonds is 6. The third-order valence-electron chi connectivity index (χ3n) is 1.89. The first kappa shape index (κ1) is 14.4. The van der Waals surface area contributed by atoms with E-state index in [0.29, 0.717) is 13.1 Å². The Balaban J connectivity index is 3.55. The molecular formula is C11H24N2O2. The van der Waals surface area contributed by atoms with E-state index in [-0.39, 0.29) is 24.0 Å². The van der Waals surface area contributed by atoms with Crippen molar-refractivity contribution in [3.05, 3.63) is 0 Å². The predicted octanol–water partition coefficient (Wildman–Crippen LogP) is 0.509. The molecule has 0 spiro atoms.